The fourth-order valence-corrected chi connectivity index (χ4v) is 1.14. The van der Waals surface area contributed by atoms with Gasteiger partial charge < -0.3 is 10.3 Å². The highest BCUT2D eigenvalue weighted by Gasteiger charge is 2.32. The topological polar surface area (TPSA) is 74.8 Å². The lowest BCUT2D eigenvalue weighted by Gasteiger charge is -2.15. The van der Waals surface area contributed by atoms with Gasteiger partial charge in [-0.05, 0) is 6.92 Å². The van der Waals surface area contributed by atoms with Gasteiger partial charge in [0.2, 0.25) is 5.91 Å². The van der Waals surface area contributed by atoms with Gasteiger partial charge in [0.1, 0.15) is 11.6 Å². The second-order valence-corrected chi connectivity index (χ2v) is 2.70. The number of hydrogen-bond donors (Lipinski definition) is 2. The maximum atomic E-state index is 11.4. The zero-order chi connectivity index (χ0) is 8.72. The van der Waals surface area contributed by atoms with Crippen molar-refractivity contribution < 1.29 is 9.59 Å². The van der Waals surface area contributed by atoms with E-state index >= 15 is 0 Å². The van der Waals surface area contributed by atoms with E-state index in [0.717, 1.165) is 0 Å². The minimum absolute atomic E-state index is 0.203. The third-order valence-corrected chi connectivity index (χ3v) is 1.91. The summed E-state index contributed by atoms with van der Waals surface area (Å²) in [7, 11) is 0. The highest BCUT2D eigenvalue weighted by atomic mass is 16.2. The van der Waals surface area contributed by atoms with Crippen molar-refractivity contribution in [2.45, 2.75) is 6.92 Å². The van der Waals surface area contributed by atoms with Crippen molar-refractivity contribution in [3.05, 3.63) is 12.0 Å². The highest BCUT2D eigenvalue weighted by molar-refractivity contribution is 6.19. The largest absolute Gasteiger partial charge is 0.340 e. The average Bonchev–Trinajstić information content (AvgIpc) is 2.48. The molecule has 0 spiro atoms. The first-order chi connectivity index (χ1) is 5.70. The lowest BCUT2D eigenvalue weighted by Crippen LogP contribution is -2.33. The van der Waals surface area contributed by atoms with Gasteiger partial charge in [0.05, 0.1) is 6.33 Å². The molecular weight excluding hydrogens is 158 g/mol. The molecule has 0 saturated carbocycles. The second kappa shape index (κ2) is 2.17. The summed E-state index contributed by atoms with van der Waals surface area (Å²) < 4.78 is 0. The quantitative estimate of drug-likeness (QED) is 0.538. The van der Waals surface area contributed by atoms with Crippen molar-refractivity contribution in [1.82, 2.24) is 9.97 Å². The summed E-state index contributed by atoms with van der Waals surface area (Å²) in [6.45, 7) is 1.57. The number of rotatable bonds is 0. The molecule has 0 radical (unpaired) electrons. The van der Waals surface area contributed by atoms with Crippen molar-refractivity contribution in [3.63, 3.8) is 0 Å². The Morgan fingerprint density at radius 1 is 1.50 bits per heavy atom. The number of imidazole rings is 1. The van der Waals surface area contributed by atoms with Gasteiger partial charge in [0, 0.05) is 0 Å². The highest BCUT2D eigenvalue weighted by Crippen LogP contribution is 2.20. The molecule has 2 N–H and O–H groups in total. The number of carbonyl (C=O) groups excluding carboxylic acids is 2. The van der Waals surface area contributed by atoms with Crippen molar-refractivity contribution in [2.24, 2.45) is 5.92 Å². The molecule has 5 nitrogen and oxygen atoms in total. The SMILES string of the molecule is CC1C(=O)Nc2nc[nH]c2C1=O. The molecule has 62 valence electrons. The van der Waals surface area contributed by atoms with E-state index in [2.05, 4.69) is 15.3 Å². The van der Waals surface area contributed by atoms with Gasteiger partial charge in [0.15, 0.2) is 11.6 Å². The number of nitrogens with zero attached hydrogens (tertiary/aromatic N) is 1. The molecule has 5 heteroatoms. The molecule has 1 atom stereocenters. The fraction of sp³-hybridized carbons (Fsp3) is 0.286. The number of aromatic amines is 1. The molecule has 2 heterocycles. The van der Waals surface area contributed by atoms with Gasteiger partial charge in [-0.25, -0.2) is 4.98 Å². The molecule has 0 bridgehead atoms. The lowest BCUT2D eigenvalue weighted by molar-refractivity contribution is -0.118. The van der Waals surface area contributed by atoms with E-state index in [1.165, 1.54) is 6.33 Å². The Morgan fingerprint density at radius 2 is 2.25 bits per heavy atom. The molecule has 1 aromatic heterocycles. The summed E-state index contributed by atoms with van der Waals surface area (Å²) in [5, 5.41) is 2.52. The van der Waals surface area contributed by atoms with Crippen molar-refractivity contribution in [3.8, 4) is 0 Å². The van der Waals surface area contributed by atoms with E-state index in [-0.39, 0.29) is 11.7 Å². The Balaban J connectivity index is 2.53. The van der Waals surface area contributed by atoms with Gasteiger partial charge in [-0.3, -0.25) is 9.59 Å². The van der Waals surface area contributed by atoms with Crippen LogP contribution in [0.3, 0.4) is 0 Å². The third-order valence-electron chi connectivity index (χ3n) is 1.91. The van der Waals surface area contributed by atoms with Crippen LogP contribution >= 0.6 is 0 Å². The van der Waals surface area contributed by atoms with E-state index in [0.29, 0.717) is 11.5 Å². The summed E-state index contributed by atoms with van der Waals surface area (Å²) in [6.07, 6.45) is 1.39. The van der Waals surface area contributed by atoms with Crippen LogP contribution in [0.4, 0.5) is 5.82 Å². The molecule has 1 aliphatic heterocycles. The van der Waals surface area contributed by atoms with Crippen LogP contribution in [0.25, 0.3) is 0 Å². The lowest BCUT2D eigenvalue weighted by atomic mass is 10.00. The first kappa shape index (κ1) is 7.02. The van der Waals surface area contributed by atoms with Gasteiger partial charge in [0.25, 0.3) is 0 Å². The summed E-state index contributed by atoms with van der Waals surface area (Å²) in [5.41, 5.74) is 0.391. The van der Waals surface area contributed by atoms with E-state index in [1.54, 1.807) is 6.92 Å². The molecule has 1 unspecified atom stereocenters. The minimum atomic E-state index is -0.613. The predicted octanol–water partition coefficient (Wildman–Crippen LogP) is 0.181. The molecular formula is C7H7N3O2. The number of anilines is 1. The Kier molecular flexibility index (Phi) is 1.27. The molecule has 1 aromatic rings. The Morgan fingerprint density at radius 3 is 3.00 bits per heavy atom. The zero-order valence-electron chi connectivity index (χ0n) is 6.42. The van der Waals surface area contributed by atoms with Crippen LogP contribution in [-0.4, -0.2) is 21.7 Å². The second-order valence-electron chi connectivity index (χ2n) is 2.70. The first-order valence-corrected chi connectivity index (χ1v) is 3.58. The van der Waals surface area contributed by atoms with Gasteiger partial charge in [-0.1, -0.05) is 0 Å². The number of H-pyrrole nitrogens is 1. The number of ketones is 1. The third kappa shape index (κ3) is 0.761. The van der Waals surface area contributed by atoms with Gasteiger partial charge in [-0.15, -0.1) is 0 Å². The minimum Gasteiger partial charge on any atom is -0.340 e. The van der Waals surface area contributed by atoms with Gasteiger partial charge >= 0.3 is 0 Å². The van der Waals surface area contributed by atoms with Crippen LogP contribution in [0, 0.1) is 5.92 Å². The van der Waals surface area contributed by atoms with E-state index in [4.69, 9.17) is 0 Å². The molecule has 0 aromatic carbocycles. The summed E-state index contributed by atoms with van der Waals surface area (Å²) in [6, 6.07) is 0. The summed E-state index contributed by atoms with van der Waals surface area (Å²) >= 11 is 0. The zero-order valence-corrected chi connectivity index (χ0v) is 6.42. The fourth-order valence-electron chi connectivity index (χ4n) is 1.14. The maximum absolute atomic E-state index is 11.4. The molecule has 0 saturated heterocycles. The van der Waals surface area contributed by atoms with Crippen LogP contribution in [0.5, 0.6) is 0 Å². The number of hydrogen-bond acceptors (Lipinski definition) is 3. The summed E-state index contributed by atoms with van der Waals surface area (Å²) in [5.74, 6) is -0.771. The summed E-state index contributed by atoms with van der Waals surface area (Å²) in [4.78, 5) is 28.9. The van der Waals surface area contributed by atoms with E-state index in [9.17, 15) is 9.59 Å². The van der Waals surface area contributed by atoms with Crippen LogP contribution in [0.2, 0.25) is 0 Å². The van der Waals surface area contributed by atoms with Crippen LogP contribution in [0.15, 0.2) is 6.33 Å². The van der Waals surface area contributed by atoms with E-state index < -0.39 is 5.92 Å². The Bertz CT molecular complexity index is 355. The number of fused-ring (bicyclic) bond motifs is 1. The number of amides is 1. The van der Waals surface area contributed by atoms with Crippen LogP contribution in [0.1, 0.15) is 17.4 Å². The van der Waals surface area contributed by atoms with E-state index in [1.807, 2.05) is 0 Å². The van der Waals surface area contributed by atoms with Crippen LogP contribution < -0.4 is 5.32 Å². The number of nitrogens with one attached hydrogen (secondary N) is 2. The predicted molar refractivity (Wildman–Crippen MR) is 40.7 cm³/mol. The monoisotopic (exact) mass is 165 g/mol. The molecule has 0 aliphatic carbocycles. The van der Waals surface area contributed by atoms with Crippen molar-refractivity contribution >= 4 is 17.5 Å². The Labute approximate surface area is 68.2 Å². The van der Waals surface area contributed by atoms with Crippen molar-refractivity contribution in [2.75, 3.05) is 5.32 Å². The number of aromatic nitrogens is 2. The molecule has 12 heavy (non-hydrogen) atoms. The average molecular weight is 165 g/mol. The molecule has 1 amide bonds. The number of Topliss-reactive ketones (excluding diaryl/α,β-unsaturated/α-hetero) is 1. The smallest absolute Gasteiger partial charge is 0.236 e. The standard InChI is InChI=1S/C7H7N3O2/c1-3-5(11)4-6(9-2-8-4)10-7(3)12/h2-3H,1H3,(H,8,9)(H,10,12). The molecule has 1 aliphatic rings. The van der Waals surface area contributed by atoms with Gasteiger partial charge in [-0.2, -0.15) is 0 Å². The van der Waals surface area contributed by atoms with Crippen molar-refractivity contribution in [1.29, 1.82) is 0 Å². The molecule has 0 fully saturated rings. The molecule has 2 rings (SSSR count). The number of carbonyl (C=O) groups is 2. The normalized spacial score (nSPS) is 21.9. The van der Waals surface area contributed by atoms with Crippen LogP contribution in [-0.2, 0) is 4.79 Å². The maximum Gasteiger partial charge on any atom is 0.236 e. The first-order valence-electron chi connectivity index (χ1n) is 3.58. The Hall–Kier alpha value is -1.65.